The smallest absolute Gasteiger partial charge is 0.251 e. The summed E-state index contributed by atoms with van der Waals surface area (Å²) in [6.45, 7) is 2.24. The van der Waals surface area contributed by atoms with Crippen LogP contribution in [0, 0.1) is 6.92 Å². The van der Waals surface area contributed by atoms with E-state index in [-0.39, 0.29) is 5.91 Å². The highest BCUT2D eigenvalue weighted by atomic mass is 32.2. The second kappa shape index (κ2) is 6.28. The zero-order valence-electron chi connectivity index (χ0n) is 11.7. The van der Waals surface area contributed by atoms with Crippen molar-refractivity contribution in [3.8, 4) is 0 Å². The van der Waals surface area contributed by atoms with Gasteiger partial charge in [-0.05, 0) is 36.1 Å². The first-order chi connectivity index (χ1) is 9.85. The van der Waals surface area contributed by atoms with Crippen molar-refractivity contribution < 1.29 is 13.2 Å². The van der Waals surface area contributed by atoms with Crippen molar-refractivity contribution in [1.29, 1.82) is 0 Å². The molecule has 21 heavy (non-hydrogen) atoms. The lowest BCUT2D eigenvalue weighted by atomic mass is 10.1. The Morgan fingerprint density at radius 2 is 2.05 bits per heavy atom. The molecule has 7 heteroatoms. The van der Waals surface area contributed by atoms with Crippen LogP contribution < -0.4 is 10.0 Å². The second-order valence-electron chi connectivity index (χ2n) is 4.67. The third-order valence-corrected chi connectivity index (χ3v) is 4.27. The van der Waals surface area contributed by atoms with Gasteiger partial charge in [-0.2, -0.15) is 0 Å². The molecule has 2 aromatic rings. The van der Waals surface area contributed by atoms with E-state index in [4.69, 9.17) is 0 Å². The molecule has 0 bridgehead atoms. The highest BCUT2D eigenvalue weighted by molar-refractivity contribution is 7.92. The fraction of sp³-hybridized carbons (Fsp3) is 0.214. The number of benzene rings is 1. The van der Waals surface area contributed by atoms with Gasteiger partial charge in [-0.25, -0.2) is 8.42 Å². The molecule has 0 aliphatic heterocycles. The standard InChI is InChI=1S/C14H16N2O3S2/c1-10-5-6-11(8-13(10)16-21(2,18)19)14(17)15-9-12-4-3-7-20-12/h3-8,16H,9H2,1-2H3,(H,15,17). The zero-order chi connectivity index (χ0) is 15.5. The SMILES string of the molecule is Cc1ccc(C(=O)NCc2cccs2)cc1NS(C)(=O)=O. The van der Waals surface area contributed by atoms with Gasteiger partial charge < -0.3 is 5.32 Å². The molecule has 112 valence electrons. The highest BCUT2D eigenvalue weighted by Crippen LogP contribution is 2.18. The Morgan fingerprint density at radius 3 is 2.67 bits per heavy atom. The maximum atomic E-state index is 12.1. The van der Waals surface area contributed by atoms with Gasteiger partial charge in [-0.1, -0.05) is 12.1 Å². The van der Waals surface area contributed by atoms with Gasteiger partial charge >= 0.3 is 0 Å². The summed E-state index contributed by atoms with van der Waals surface area (Å²) in [7, 11) is -3.37. The van der Waals surface area contributed by atoms with Crippen LogP contribution in [0.1, 0.15) is 20.8 Å². The normalized spacial score (nSPS) is 11.1. The molecule has 0 spiro atoms. The van der Waals surface area contributed by atoms with Crippen molar-refractivity contribution in [1.82, 2.24) is 5.32 Å². The first-order valence-corrected chi connectivity index (χ1v) is 9.01. The monoisotopic (exact) mass is 324 g/mol. The molecular weight excluding hydrogens is 308 g/mol. The number of carbonyl (C=O) groups excluding carboxylic acids is 1. The largest absolute Gasteiger partial charge is 0.347 e. The summed E-state index contributed by atoms with van der Waals surface area (Å²) in [4.78, 5) is 13.1. The van der Waals surface area contributed by atoms with Crippen LogP contribution >= 0.6 is 11.3 Å². The number of aryl methyl sites for hydroxylation is 1. The Balaban J connectivity index is 2.12. The molecule has 0 saturated heterocycles. The van der Waals surface area contributed by atoms with Gasteiger partial charge in [-0.15, -0.1) is 11.3 Å². The molecule has 0 radical (unpaired) electrons. The minimum Gasteiger partial charge on any atom is -0.347 e. The van der Waals surface area contributed by atoms with Gasteiger partial charge in [0.15, 0.2) is 0 Å². The molecule has 1 aromatic carbocycles. The number of carbonyl (C=O) groups is 1. The lowest BCUT2D eigenvalue weighted by molar-refractivity contribution is 0.0951. The zero-order valence-corrected chi connectivity index (χ0v) is 13.3. The molecule has 1 heterocycles. The Bertz CT molecular complexity index is 738. The fourth-order valence-corrected chi connectivity index (χ4v) is 3.02. The molecule has 1 aromatic heterocycles. The number of rotatable bonds is 5. The summed E-state index contributed by atoms with van der Waals surface area (Å²) in [5.74, 6) is -0.236. The van der Waals surface area contributed by atoms with Gasteiger partial charge in [0.2, 0.25) is 10.0 Å². The van der Waals surface area contributed by atoms with Crippen LogP contribution in [0.2, 0.25) is 0 Å². The van der Waals surface area contributed by atoms with Crippen molar-refractivity contribution in [2.24, 2.45) is 0 Å². The molecule has 2 rings (SSSR count). The van der Waals surface area contributed by atoms with Crippen LogP contribution in [0.4, 0.5) is 5.69 Å². The third-order valence-electron chi connectivity index (χ3n) is 2.80. The molecular formula is C14H16N2O3S2. The second-order valence-corrected chi connectivity index (χ2v) is 7.45. The van der Waals surface area contributed by atoms with Crippen LogP contribution in [0.5, 0.6) is 0 Å². The number of sulfonamides is 1. The molecule has 5 nitrogen and oxygen atoms in total. The van der Waals surface area contributed by atoms with Crippen LogP contribution in [0.25, 0.3) is 0 Å². The van der Waals surface area contributed by atoms with Gasteiger partial charge in [0, 0.05) is 10.4 Å². The van der Waals surface area contributed by atoms with E-state index in [0.29, 0.717) is 17.8 Å². The van der Waals surface area contributed by atoms with E-state index < -0.39 is 10.0 Å². The molecule has 0 saturated carbocycles. The summed E-state index contributed by atoms with van der Waals surface area (Å²) in [6, 6.07) is 8.79. The Kier molecular flexibility index (Phi) is 4.64. The number of nitrogens with one attached hydrogen (secondary N) is 2. The number of hydrogen-bond donors (Lipinski definition) is 2. The quantitative estimate of drug-likeness (QED) is 0.886. The lowest BCUT2D eigenvalue weighted by Crippen LogP contribution is -2.22. The number of thiophene rings is 1. The Hall–Kier alpha value is -1.86. The fourth-order valence-electron chi connectivity index (χ4n) is 1.76. The number of anilines is 1. The van der Waals surface area contributed by atoms with Crippen LogP contribution in [-0.2, 0) is 16.6 Å². The summed E-state index contributed by atoms with van der Waals surface area (Å²) in [5, 5.41) is 4.75. The summed E-state index contributed by atoms with van der Waals surface area (Å²) >= 11 is 1.57. The van der Waals surface area contributed by atoms with Crippen molar-refractivity contribution >= 4 is 33.0 Å². The van der Waals surface area contributed by atoms with Crippen LogP contribution in [0.3, 0.4) is 0 Å². The van der Waals surface area contributed by atoms with E-state index in [2.05, 4.69) is 10.0 Å². The molecule has 0 aliphatic rings. The molecule has 2 N–H and O–H groups in total. The lowest BCUT2D eigenvalue weighted by Gasteiger charge is -2.10. The van der Waals surface area contributed by atoms with Crippen molar-refractivity contribution in [2.75, 3.05) is 11.0 Å². The number of amides is 1. The van der Waals surface area contributed by atoms with Gasteiger partial charge in [-0.3, -0.25) is 9.52 Å². The third kappa shape index (κ3) is 4.57. The van der Waals surface area contributed by atoms with E-state index in [1.165, 1.54) is 0 Å². The minimum atomic E-state index is -3.37. The van der Waals surface area contributed by atoms with Crippen LogP contribution in [0.15, 0.2) is 35.7 Å². The van der Waals surface area contributed by atoms with Gasteiger partial charge in [0.1, 0.15) is 0 Å². The maximum Gasteiger partial charge on any atom is 0.251 e. The topological polar surface area (TPSA) is 75.3 Å². The van der Waals surface area contributed by atoms with Crippen molar-refractivity contribution in [3.05, 3.63) is 51.7 Å². The van der Waals surface area contributed by atoms with E-state index in [1.54, 1.807) is 36.5 Å². The molecule has 0 aliphatic carbocycles. The van der Waals surface area contributed by atoms with E-state index >= 15 is 0 Å². The van der Waals surface area contributed by atoms with E-state index in [0.717, 1.165) is 16.7 Å². The Morgan fingerprint density at radius 1 is 1.29 bits per heavy atom. The number of hydrogen-bond acceptors (Lipinski definition) is 4. The molecule has 0 unspecified atom stereocenters. The van der Waals surface area contributed by atoms with Crippen molar-refractivity contribution in [2.45, 2.75) is 13.5 Å². The summed E-state index contributed by atoms with van der Waals surface area (Å²) < 4.78 is 25.0. The highest BCUT2D eigenvalue weighted by Gasteiger charge is 2.10. The molecule has 1 amide bonds. The molecule has 0 atom stereocenters. The molecule has 0 fully saturated rings. The predicted molar refractivity (Wildman–Crippen MR) is 85.1 cm³/mol. The van der Waals surface area contributed by atoms with Gasteiger partial charge in [0.05, 0.1) is 18.5 Å². The van der Waals surface area contributed by atoms with E-state index in [1.807, 2.05) is 17.5 Å². The van der Waals surface area contributed by atoms with Crippen LogP contribution in [-0.4, -0.2) is 20.6 Å². The maximum absolute atomic E-state index is 12.1. The Labute approximate surface area is 128 Å². The summed E-state index contributed by atoms with van der Waals surface area (Å²) in [6.07, 6.45) is 1.08. The first-order valence-electron chi connectivity index (χ1n) is 6.24. The van der Waals surface area contributed by atoms with Crippen molar-refractivity contribution in [3.63, 3.8) is 0 Å². The van der Waals surface area contributed by atoms with E-state index in [9.17, 15) is 13.2 Å². The van der Waals surface area contributed by atoms with Gasteiger partial charge in [0.25, 0.3) is 5.91 Å². The first kappa shape index (κ1) is 15.5. The summed E-state index contributed by atoms with van der Waals surface area (Å²) in [5.41, 5.74) is 1.60. The predicted octanol–water partition coefficient (Wildman–Crippen LogP) is 2.36. The minimum absolute atomic E-state index is 0.236. The average molecular weight is 324 g/mol. The average Bonchev–Trinajstić information content (AvgIpc) is 2.90.